The van der Waals surface area contributed by atoms with Crippen molar-refractivity contribution >= 4 is 6.03 Å². The van der Waals surface area contributed by atoms with Crippen LogP contribution >= 0.6 is 0 Å². The van der Waals surface area contributed by atoms with E-state index in [0.29, 0.717) is 6.54 Å². The van der Waals surface area contributed by atoms with E-state index in [0.717, 1.165) is 38.3 Å². The van der Waals surface area contributed by atoms with E-state index in [-0.39, 0.29) is 6.03 Å². The number of piperazine rings is 1. The predicted molar refractivity (Wildman–Crippen MR) is 86.3 cm³/mol. The number of unbranched alkanes of at least 4 members (excludes halogenated alkanes) is 1. The molecule has 1 aromatic carbocycles. The van der Waals surface area contributed by atoms with Crippen LogP contribution in [0.4, 0.5) is 4.79 Å². The molecule has 0 bridgehead atoms. The summed E-state index contributed by atoms with van der Waals surface area (Å²) in [5.41, 5.74) is 2.39. The van der Waals surface area contributed by atoms with Crippen molar-refractivity contribution in [1.82, 2.24) is 15.1 Å². The van der Waals surface area contributed by atoms with Gasteiger partial charge < -0.3 is 10.2 Å². The van der Waals surface area contributed by atoms with Crippen molar-refractivity contribution in [3.8, 4) is 0 Å². The number of carbonyl (C=O) groups is 1. The molecule has 0 aliphatic carbocycles. The minimum Gasteiger partial charge on any atom is -0.334 e. The zero-order chi connectivity index (χ0) is 15.1. The molecule has 1 heterocycles. The van der Waals surface area contributed by atoms with E-state index < -0.39 is 0 Å². The summed E-state index contributed by atoms with van der Waals surface area (Å²) >= 11 is 0. The summed E-state index contributed by atoms with van der Waals surface area (Å²) in [6.07, 6.45) is 2.48. The van der Waals surface area contributed by atoms with E-state index in [1.165, 1.54) is 18.4 Å². The monoisotopic (exact) mass is 289 g/mol. The highest BCUT2D eigenvalue weighted by Crippen LogP contribution is 2.06. The van der Waals surface area contributed by atoms with Gasteiger partial charge in [0, 0.05) is 32.7 Å². The Bertz CT molecular complexity index is 453. The Kier molecular flexibility index (Phi) is 6.05. The zero-order valence-electron chi connectivity index (χ0n) is 13.3. The fourth-order valence-electron chi connectivity index (χ4n) is 2.67. The van der Waals surface area contributed by atoms with Gasteiger partial charge in [-0.1, -0.05) is 43.2 Å². The van der Waals surface area contributed by atoms with Crippen molar-refractivity contribution in [2.45, 2.75) is 33.2 Å². The molecule has 4 nitrogen and oxygen atoms in total. The molecule has 0 unspecified atom stereocenters. The molecule has 21 heavy (non-hydrogen) atoms. The molecule has 1 aliphatic heterocycles. The van der Waals surface area contributed by atoms with Gasteiger partial charge in [0.1, 0.15) is 0 Å². The predicted octanol–water partition coefficient (Wildman–Crippen LogP) is 2.62. The number of amides is 2. The maximum absolute atomic E-state index is 12.2. The Labute approximate surface area is 128 Å². The molecule has 116 valence electrons. The lowest BCUT2D eigenvalue weighted by atomic mass is 10.1. The average molecular weight is 289 g/mol. The second-order valence-corrected chi connectivity index (χ2v) is 5.83. The highest BCUT2D eigenvalue weighted by molar-refractivity contribution is 5.74. The quantitative estimate of drug-likeness (QED) is 0.904. The summed E-state index contributed by atoms with van der Waals surface area (Å²) in [5, 5.41) is 3.02. The van der Waals surface area contributed by atoms with Crippen LogP contribution in [-0.4, -0.2) is 48.6 Å². The summed E-state index contributed by atoms with van der Waals surface area (Å²) in [7, 11) is 0. The standard InChI is InChI=1S/C17H27N3O/c1-3-4-8-19-9-11-20(12-10-19)17(21)18-14-16-7-5-6-15(2)13-16/h5-7,13H,3-4,8-12,14H2,1-2H3,(H,18,21). The molecule has 1 N–H and O–H groups in total. The van der Waals surface area contributed by atoms with Crippen molar-refractivity contribution in [2.75, 3.05) is 32.7 Å². The second-order valence-electron chi connectivity index (χ2n) is 5.83. The maximum Gasteiger partial charge on any atom is 0.317 e. The first-order valence-electron chi connectivity index (χ1n) is 7.99. The van der Waals surface area contributed by atoms with Crippen molar-refractivity contribution in [2.24, 2.45) is 0 Å². The molecular weight excluding hydrogens is 262 g/mol. The van der Waals surface area contributed by atoms with Gasteiger partial charge in [-0.25, -0.2) is 4.79 Å². The number of benzene rings is 1. The molecule has 1 aromatic rings. The van der Waals surface area contributed by atoms with Crippen molar-refractivity contribution in [1.29, 1.82) is 0 Å². The molecule has 0 spiro atoms. The maximum atomic E-state index is 12.2. The van der Waals surface area contributed by atoms with Crippen LogP contribution in [0.15, 0.2) is 24.3 Å². The first-order valence-corrected chi connectivity index (χ1v) is 7.99. The minimum absolute atomic E-state index is 0.0617. The number of aryl methyl sites for hydroxylation is 1. The Morgan fingerprint density at radius 1 is 1.24 bits per heavy atom. The number of nitrogens with zero attached hydrogens (tertiary/aromatic N) is 2. The van der Waals surface area contributed by atoms with Gasteiger partial charge >= 0.3 is 6.03 Å². The van der Waals surface area contributed by atoms with E-state index in [2.05, 4.69) is 42.3 Å². The second kappa shape index (κ2) is 8.03. The molecule has 2 rings (SSSR count). The van der Waals surface area contributed by atoms with Crippen LogP contribution in [0.1, 0.15) is 30.9 Å². The zero-order valence-corrected chi connectivity index (χ0v) is 13.3. The minimum atomic E-state index is 0.0617. The Morgan fingerprint density at radius 2 is 2.00 bits per heavy atom. The molecule has 1 fully saturated rings. The number of hydrogen-bond donors (Lipinski definition) is 1. The SMILES string of the molecule is CCCCN1CCN(C(=O)NCc2cccc(C)c2)CC1. The number of nitrogens with one attached hydrogen (secondary N) is 1. The largest absolute Gasteiger partial charge is 0.334 e. The van der Waals surface area contributed by atoms with Gasteiger partial charge in [-0.3, -0.25) is 4.90 Å². The van der Waals surface area contributed by atoms with Gasteiger partial charge in [0.2, 0.25) is 0 Å². The highest BCUT2D eigenvalue weighted by atomic mass is 16.2. The van der Waals surface area contributed by atoms with E-state index in [1.54, 1.807) is 0 Å². The third-order valence-electron chi connectivity index (χ3n) is 4.01. The lowest BCUT2D eigenvalue weighted by molar-refractivity contribution is 0.138. The van der Waals surface area contributed by atoms with Crippen LogP contribution in [-0.2, 0) is 6.54 Å². The summed E-state index contributed by atoms with van der Waals surface area (Å²) in [5.74, 6) is 0. The van der Waals surface area contributed by atoms with E-state index in [4.69, 9.17) is 0 Å². The summed E-state index contributed by atoms with van der Waals surface area (Å²) in [4.78, 5) is 16.6. The van der Waals surface area contributed by atoms with Crippen LogP contribution in [0.2, 0.25) is 0 Å². The first kappa shape index (κ1) is 15.8. The lowest BCUT2D eigenvalue weighted by Gasteiger charge is -2.34. The Morgan fingerprint density at radius 3 is 2.67 bits per heavy atom. The Hall–Kier alpha value is -1.55. The summed E-state index contributed by atoms with van der Waals surface area (Å²) < 4.78 is 0. The molecule has 4 heteroatoms. The molecule has 0 aromatic heterocycles. The molecular formula is C17H27N3O. The molecule has 0 atom stereocenters. The van der Waals surface area contributed by atoms with Crippen LogP contribution in [0, 0.1) is 6.92 Å². The van der Waals surface area contributed by atoms with Crippen LogP contribution in [0.25, 0.3) is 0 Å². The smallest absolute Gasteiger partial charge is 0.317 e. The number of hydrogen-bond acceptors (Lipinski definition) is 2. The molecule has 0 radical (unpaired) electrons. The van der Waals surface area contributed by atoms with Crippen molar-refractivity contribution in [3.63, 3.8) is 0 Å². The van der Waals surface area contributed by atoms with Crippen molar-refractivity contribution < 1.29 is 4.79 Å². The fourth-order valence-corrected chi connectivity index (χ4v) is 2.67. The number of carbonyl (C=O) groups excluding carboxylic acids is 1. The van der Waals surface area contributed by atoms with Gasteiger partial charge in [-0.15, -0.1) is 0 Å². The van der Waals surface area contributed by atoms with Crippen LogP contribution in [0.5, 0.6) is 0 Å². The van der Waals surface area contributed by atoms with Gasteiger partial charge in [0.05, 0.1) is 0 Å². The third-order valence-corrected chi connectivity index (χ3v) is 4.01. The van der Waals surface area contributed by atoms with E-state index in [1.807, 2.05) is 11.0 Å². The summed E-state index contributed by atoms with van der Waals surface area (Å²) in [6.45, 7) is 9.73. The molecule has 1 saturated heterocycles. The fraction of sp³-hybridized carbons (Fsp3) is 0.588. The lowest BCUT2D eigenvalue weighted by Crippen LogP contribution is -2.51. The van der Waals surface area contributed by atoms with Gasteiger partial charge in [0.25, 0.3) is 0 Å². The molecule has 2 amide bonds. The number of rotatable bonds is 5. The average Bonchev–Trinajstić information content (AvgIpc) is 2.51. The topological polar surface area (TPSA) is 35.6 Å². The van der Waals surface area contributed by atoms with E-state index >= 15 is 0 Å². The van der Waals surface area contributed by atoms with Gasteiger partial charge in [0.15, 0.2) is 0 Å². The van der Waals surface area contributed by atoms with Gasteiger partial charge in [-0.2, -0.15) is 0 Å². The Balaban J connectivity index is 1.72. The summed E-state index contributed by atoms with van der Waals surface area (Å²) in [6, 6.07) is 8.33. The number of urea groups is 1. The van der Waals surface area contributed by atoms with Crippen LogP contribution < -0.4 is 5.32 Å². The van der Waals surface area contributed by atoms with Crippen molar-refractivity contribution in [3.05, 3.63) is 35.4 Å². The van der Waals surface area contributed by atoms with Gasteiger partial charge in [-0.05, 0) is 25.5 Å². The van der Waals surface area contributed by atoms with E-state index in [9.17, 15) is 4.79 Å². The van der Waals surface area contributed by atoms with Crippen LogP contribution in [0.3, 0.4) is 0 Å². The molecule has 1 aliphatic rings. The third kappa shape index (κ3) is 5.05. The first-order chi connectivity index (χ1) is 10.2. The normalized spacial score (nSPS) is 16.0. The highest BCUT2D eigenvalue weighted by Gasteiger charge is 2.20. The molecule has 0 saturated carbocycles.